The molecular weight excluding hydrogens is 246 g/mol. The number of carboxylic acid groups (broad SMARTS) is 1. The van der Waals surface area contributed by atoms with Gasteiger partial charge in [0, 0.05) is 17.7 Å². The predicted octanol–water partition coefficient (Wildman–Crippen LogP) is 2.44. The molecule has 0 aliphatic heterocycles. The molecule has 19 heavy (non-hydrogen) atoms. The van der Waals surface area contributed by atoms with E-state index in [1.165, 1.54) is 19.2 Å². The zero-order valence-corrected chi connectivity index (χ0v) is 10.8. The Morgan fingerprint density at radius 1 is 1.37 bits per heavy atom. The van der Waals surface area contributed by atoms with Crippen molar-refractivity contribution in [3.63, 3.8) is 0 Å². The first-order valence-electron chi connectivity index (χ1n) is 5.94. The Morgan fingerprint density at radius 2 is 2.11 bits per heavy atom. The number of aromatic carboxylic acids is 1. The smallest absolute Gasteiger partial charge is 0.335 e. The molecule has 0 spiro atoms. The summed E-state index contributed by atoms with van der Waals surface area (Å²) in [6.07, 6.45) is 1.19. The van der Waals surface area contributed by atoms with Crippen molar-refractivity contribution < 1.29 is 19.4 Å². The number of carbonyl (C=O) groups excluding carboxylic acids is 1. The van der Waals surface area contributed by atoms with Crippen LogP contribution in [0.4, 0.5) is 5.69 Å². The number of hydrogen-bond acceptors (Lipinski definition) is 4. The average molecular weight is 261 g/mol. The van der Waals surface area contributed by atoms with Gasteiger partial charge in [0.2, 0.25) is 0 Å². The number of nitrogens with one attached hydrogen (secondary N) is 1. The van der Waals surface area contributed by atoms with Gasteiger partial charge < -0.3 is 15.2 Å². The van der Waals surface area contributed by atoms with E-state index in [9.17, 15) is 9.59 Å². The van der Waals surface area contributed by atoms with E-state index in [0.717, 1.165) is 11.3 Å². The Hall–Kier alpha value is -2.30. The molecule has 0 radical (unpaired) electrons. The number of allylic oxidation sites excluding steroid dienone is 2. The molecule has 0 heterocycles. The second kappa shape index (κ2) is 5.14. The predicted molar refractivity (Wildman–Crippen MR) is 70.5 cm³/mol. The average Bonchev–Trinajstić information content (AvgIpc) is 2.71. The van der Waals surface area contributed by atoms with E-state index in [-0.39, 0.29) is 11.3 Å². The van der Waals surface area contributed by atoms with Crippen LogP contribution in [0.15, 0.2) is 29.5 Å². The van der Waals surface area contributed by atoms with E-state index in [1.807, 2.05) is 0 Å². The lowest BCUT2D eigenvalue weighted by molar-refractivity contribution is -0.114. The molecule has 1 aromatic rings. The van der Waals surface area contributed by atoms with Crippen LogP contribution in [0.25, 0.3) is 0 Å². The lowest BCUT2D eigenvalue weighted by Gasteiger charge is -2.13. The molecule has 5 nitrogen and oxygen atoms in total. The molecule has 1 aromatic carbocycles. The fourth-order valence-electron chi connectivity index (χ4n) is 2.03. The van der Waals surface area contributed by atoms with Crippen LogP contribution in [0, 0.1) is 0 Å². The minimum Gasteiger partial charge on any atom is -0.495 e. The summed E-state index contributed by atoms with van der Waals surface area (Å²) in [6.45, 7) is 1.79. The van der Waals surface area contributed by atoms with Crippen molar-refractivity contribution in [3.05, 3.63) is 35.0 Å². The Bertz CT molecular complexity index is 575. The van der Waals surface area contributed by atoms with Gasteiger partial charge in [-0.25, -0.2) is 4.79 Å². The number of ketones is 1. The standard InChI is InChI=1S/C14H15NO4/c1-8-10(5-6-12(8)16)15-11-4-3-9(14(17)18)7-13(11)19-2/h3-4,7,15H,5-6H2,1-2H3,(H,17,18). The number of anilines is 1. The van der Waals surface area contributed by atoms with Crippen LogP contribution in [0.1, 0.15) is 30.1 Å². The second-order valence-electron chi connectivity index (χ2n) is 4.37. The maximum Gasteiger partial charge on any atom is 0.335 e. The van der Waals surface area contributed by atoms with Crippen LogP contribution in [-0.2, 0) is 4.79 Å². The molecule has 0 bridgehead atoms. The molecule has 1 aliphatic rings. The molecule has 0 unspecified atom stereocenters. The van der Waals surface area contributed by atoms with Gasteiger partial charge in [-0.05, 0) is 31.5 Å². The van der Waals surface area contributed by atoms with E-state index < -0.39 is 5.97 Å². The number of Topliss-reactive ketones (excluding diaryl/α,β-unsaturated/α-hetero) is 1. The third kappa shape index (κ3) is 2.59. The van der Waals surface area contributed by atoms with Crippen LogP contribution in [0.3, 0.4) is 0 Å². The van der Waals surface area contributed by atoms with Gasteiger partial charge in [-0.15, -0.1) is 0 Å². The summed E-state index contributed by atoms with van der Waals surface area (Å²) in [5.74, 6) is -0.417. The van der Waals surface area contributed by atoms with Gasteiger partial charge in [0.25, 0.3) is 0 Å². The number of rotatable bonds is 4. The third-order valence-electron chi connectivity index (χ3n) is 3.21. The normalized spacial score (nSPS) is 14.7. The van der Waals surface area contributed by atoms with Crippen LogP contribution in [0.2, 0.25) is 0 Å². The Morgan fingerprint density at radius 3 is 2.63 bits per heavy atom. The number of methoxy groups -OCH3 is 1. The number of carboxylic acids is 1. The second-order valence-corrected chi connectivity index (χ2v) is 4.37. The summed E-state index contributed by atoms with van der Waals surface area (Å²) >= 11 is 0. The summed E-state index contributed by atoms with van der Waals surface area (Å²) in [5, 5.41) is 12.1. The van der Waals surface area contributed by atoms with Gasteiger partial charge in [0.1, 0.15) is 5.75 Å². The Labute approximate surface area is 110 Å². The van der Waals surface area contributed by atoms with Gasteiger partial charge >= 0.3 is 5.97 Å². The number of carbonyl (C=O) groups is 2. The summed E-state index contributed by atoms with van der Waals surface area (Å²) < 4.78 is 5.18. The summed E-state index contributed by atoms with van der Waals surface area (Å²) in [4.78, 5) is 22.4. The van der Waals surface area contributed by atoms with Gasteiger partial charge in [-0.3, -0.25) is 4.79 Å². The molecule has 100 valence electrons. The van der Waals surface area contributed by atoms with Crippen molar-refractivity contribution in [1.82, 2.24) is 0 Å². The van der Waals surface area contributed by atoms with Crippen LogP contribution < -0.4 is 10.1 Å². The van der Waals surface area contributed by atoms with E-state index in [0.29, 0.717) is 24.3 Å². The molecule has 5 heteroatoms. The summed E-state index contributed by atoms with van der Waals surface area (Å²) in [5.41, 5.74) is 2.42. The van der Waals surface area contributed by atoms with E-state index in [4.69, 9.17) is 9.84 Å². The van der Waals surface area contributed by atoms with Crippen LogP contribution in [0.5, 0.6) is 5.75 Å². The highest BCUT2D eigenvalue weighted by molar-refractivity contribution is 5.99. The molecule has 1 aliphatic carbocycles. The van der Waals surface area contributed by atoms with Gasteiger partial charge in [0.15, 0.2) is 5.78 Å². The zero-order valence-electron chi connectivity index (χ0n) is 10.8. The van der Waals surface area contributed by atoms with E-state index >= 15 is 0 Å². The summed E-state index contributed by atoms with van der Waals surface area (Å²) in [6, 6.07) is 4.60. The first kappa shape index (κ1) is 13.1. The fraction of sp³-hybridized carbons (Fsp3) is 0.286. The molecule has 0 atom stereocenters. The lowest BCUT2D eigenvalue weighted by atomic mass is 10.1. The maximum atomic E-state index is 11.5. The fourth-order valence-corrected chi connectivity index (χ4v) is 2.03. The third-order valence-corrected chi connectivity index (χ3v) is 3.21. The van der Waals surface area contributed by atoms with Gasteiger partial charge in [-0.2, -0.15) is 0 Å². The highest BCUT2D eigenvalue weighted by Gasteiger charge is 2.20. The largest absolute Gasteiger partial charge is 0.495 e. The van der Waals surface area contributed by atoms with Crippen LogP contribution >= 0.6 is 0 Å². The summed E-state index contributed by atoms with van der Waals surface area (Å²) in [7, 11) is 1.48. The molecule has 0 fully saturated rings. The molecular formula is C14H15NO4. The first-order valence-corrected chi connectivity index (χ1v) is 5.94. The highest BCUT2D eigenvalue weighted by atomic mass is 16.5. The molecule has 0 amide bonds. The maximum absolute atomic E-state index is 11.5. The molecule has 2 N–H and O–H groups in total. The van der Waals surface area contributed by atoms with Crippen molar-refractivity contribution >= 4 is 17.4 Å². The number of hydrogen-bond donors (Lipinski definition) is 2. The lowest BCUT2D eigenvalue weighted by Crippen LogP contribution is -2.03. The minimum absolute atomic E-state index is 0.142. The van der Waals surface area contributed by atoms with Gasteiger partial charge in [0.05, 0.1) is 18.4 Å². The van der Waals surface area contributed by atoms with Crippen molar-refractivity contribution in [3.8, 4) is 5.75 Å². The number of benzene rings is 1. The minimum atomic E-state index is -1.00. The topological polar surface area (TPSA) is 75.6 Å². The van der Waals surface area contributed by atoms with Crippen molar-refractivity contribution in [2.75, 3.05) is 12.4 Å². The molecule has 0 aromatic heterocycles. The first-order chi connectivity index (χ1) is 9.02. The quantitative estimate of drug-likeness (QED) is 0.870. The monoisotopic (exact) mass is 261 g/mol. The highest BCUT2D eigenvalue weighted by Crippen LogP contribution is 2.30. The SMILES string of the molecule is COc1cc(C(=O)O)ccc1NC1=C(C)C(=O)CC1. The molecule has 0 saturated heterocycles. The molecule has 0 saturated carbocycles. The van der Waals surface area contributed by atoms with Crippen molar-refractivity contribution in [2.45, 2.75) is 19.8 Å². The van der Waals surface area contributed by atoms with Crippen LogP contribution in [-0.4, -0.2) is 24.0 Å². The zero-order chi connectivity index (χ0) is 14.0. The number of ether oxygens (including phenoxy) is 1. The van der Waals surface area contributed by atoms with Gasteiger partial charge in [-0.1, -0.05) is 0 Å². The molecule has 2 rings (SSSR count). The van der Waals surface area contributed by atoms with Crippen molar-refractivity contribution in [2.24, 2.45) is 0 Å². The van der Waals surface area contributed by atoms with E-state index in [2.05, 4.69) is 5.32 Å². The Balaban J connectivity index is 2.31. The Kier molecular flexibility index (Phi) is 3.55. The van der Waals surface area contributed by atoms with E-state index in [1.54, 1.807) is 13.0 Å². The van der Waals surface area contributed by atoms with Crippen molar-refractivity contribution in [1.29, 1.82) is 0 Å².